The molecule has 6 heteroatoms. The lowest BCUT2D eigenvalue weighted by molar-refractivity contribution is -0.127. The molecule has 3 aliphatic rings. The predicted octanol–water partition coefficient (Wildman–Crippen LogP) is 1.61. The van der Waals surface area contributed by atoms with Crippen LogP contribution in [0.15, 0.2) is 0 Å². The average Bonchev–Trinajstić information content (AvgIpc) is 3.15. The third kappa shape index (κ3) is 4.85. The van der Waals surface area contributed by atoms with Crippen LogP contribution >= 0.6 is 0 Å². The van der Waals surface area contributed by atoms with Crippen LogP contribution in [-0.2, 0) is 4.79 Å². The van der Waals surface area contributed by atoms with Gasteiger partial charge in [-0.15, -0.1) is 0 Å². The van der Waals surface area contributed by atoms with E-state index in [1.54, 1.807) is 0 Å². The van der Waals surface area contributed by atoms with E-state index >= 15 is 0 Å². The molecule has 0 bridgehead atoms. The van der Waals surface area contributed by atoms with Crippen molar-refractivity contribution in [3.8, 4) is 0 Å². The fourth-order valence-electron chi connectivity index (χ4n) is 4.06. The molecule has 0 aromatic rings. The summed E-state index contributed by atoms with van der Waals surface area (Å²) in [6, 6.07) is 0.960. The van der Waals surface area contributed by atoms with E-state index in [0.717, 1.165) is 44.8 Å². The third-order valence-electron chi connectivity index (χ3n) is 5.81. The summed E-state index contributed by atoms with van der Waals surface area (Å²) in [5, 5.41) is 8.95. The molecule has 0 spiro atoms. The van der Waals surface area contributed by atoms with Crippen LogP contribution in [0.4, 0.5) is 4.79 Å². The van der Waals surface area contributed by atoms with Gasteiger partial charge in [-0.2, -0.15) is 0 Å². The molecule has 0 aromatic carbocycles. The summed E-state index contributed by atoms with van der Waals surface area (Å²) in [6.07, 6.45) is 10.5. The molecule has 0 unspecified atom stereocenters. The van der Waals surface area contributed by atoms with Crippen LogP contribution < -0.4 is 16.0 Å². The topological polar surface area (TPSA) is 73.5 Å². The van der Waals surface area contributed by atoms with Crippen molar-refractivity contribution in [2.45, 2.75) is 69.9 Å². The average molecular weight is 336 g/mol. The van der Waals surface area contributed by atoms with Crippen LogP contribution in [0, 0.1) is 5.92 Å². The minimum atomic E-state index is -0.0707. The molecule has 3 N–H and O–H groups in total. The van der Waals surface area contributed by atoms with Crippen molar-refractivity contribution >= 4 is 11.9 Å². The molecule has 1 saturated heterocycles. The van der Waals surface area contributed by atoms with Gasteiger partial charge >= 0.3 is 6.03 Å². The molecule has 3 rings (SSSR count). The molecule has 1 heterocycles. The Morgan fingerprint density at radius 2 is 1.67 bits per heavy atom. The number of carbonyl (C=O) groups is 2. The van der Waals surface area contributed by atoms with Crippen LogP contribution in [0.1, 0.15) is 57.8 Å². The Kier molecular flexibility index (Phi) is 6.35. The fraction of sp³-hybridized carbons (Fsp3) is 0.889. The normalized spacial score (nSPS) is 25.4. The highest BCUT2D eigenvalue weighted by atomic mass is 16.2. The van der Waals surface area contributed by atoms with Crippen molar-refractivity contribution < 1.29 is 9.59 Å². The molecule has 1 aliphatic heterocycles. The van der Waals surface area contributed by atoms with E-state index in [9.17, 15) is 9.59 Å². The molecule has 2 saturated carbocycles. The van der Waals surface area contributed by atoms with Gasteiger partial charge in [0, 0.05) is 44.2 Å². The minimum Gasteiger partial charge on any atom is -0.356 e. The maximum absolute atomic E-state index is 12.0. The monoisotopic (exact) mass is 336 g/mol. The first kappa shape index (κ1) is 17.5. The lowest BCUT2D eigenvalue weighted by Gasteiger charge is -2.24. The van der Waals surface area contributed by atoms with Gasteiger partial charge in [0.05, 0.1) is 0 Å². The third-order valence-corrected chi connectivity index (χ3v) is 5.81. The van der Waals surface area contributed by atoms with Crippen molar-refractivity contribution in [3.05, 3.63) is 0 Å². The van der Waals surface area contributed by atoms with Crippen LogP contribution in [0.3, 0.4) is 0 Å². The maximum atomic E-state index is 12.0. The van der Waals surface area contributed by atoms with E-state index in [1.807, 2.05) is 0 Å². The predicted molar refractivity (Wildman–Crippen MR) is 93.7 cm³/mol. The molecular formula is C18H32N4O2. The number of hydrogen-bond acceptors (Lipinski definition) is 3. The van der Waals surface area contributed by atoms with Crippen molar-refractivity contribution in [2.75, 3.05) is 26.2 Å². The SMILES string of the molecule is O=C(NCCCNC(=O)C1CCC1)N[C@@H]1CCN(C2CCCC2)C1. The first-order valence-electron chi connectivity index (χ1n) is 9.78. The number of nitrogens with zero attached hydrogens (tertiary/aromatic N) is 1. The maximum Gasteiger partial charge on any atom is 0.315 e. The summed E-state index contributed by atoms with van der Waals surface area (Å²) >= 11 is 0. The van der Waals surface area contributed by atoms with Gasteiger partial charge in [0.25, 0.3) is 0 Å². The molecule has 0 radical (unpaired) electrons. The van der Waals surface area contributed by atoms with Gasteiger partial charge in [0.1, 0.15) is 0 Å². The minimum absolute atomic E-state index is 0.0707. The Morgan fingerprint density at radius 1 is 0.917 bits per heavy atom. The van der Waals surface area contributed by atoms with Gasteiger partial charge in [0.15, 0.2) is 0 Å². The summed E-state index contributed by atoms with van der Waals surface area (Å²) in [7, 11) is 0. The van der Waals surface area contributed by atoms with E-state index in [0.29, 0.717) is 13.1 Å². The smallest absolute Gasteiger partial charge is 0.315 e. The second kappa shape index (κ2) is 8.70. The molecule has 6 nitrogen and oxygen atoms in total. The number of carbonyl (C=O) groups excluding carboxylic acids is 2. The summed E-state index contributed by atoms with van der Waals surface area (Å²) in [5.41, 5.74) is 0. The highest BCUT2D eigenvalue weighted by Gasteiger charge is 2.30. The number of amides is 3. The number of rotatable bonds is 7. The van der Waals surface area contributed by atoms with Gasteiger partial charge in [-0.25, -0.2) is 4.79 Å². The lowest BCUT2D eigenvalue weighted by Crippen LogP contribution is -2.44. The van der Waals surface area contributed by atoms with E-state index < -0.39 is 0 Å². The van der Waals surface area contributed by atoms with Gasteiger partial charge in [-0.3, -0.25) is 9.69 Å². The molecule has 136 valence electrons. The van der Waals surface area contributed by atoms with E-state index in [4.69, 9.17) is 0 Å². The molecule has 1 atom stereocenters. The number of nitrogens with one attached hydrogen (secondary N) is 3. The van der Waals surface area contributed by atoms with Crippen molar-refractivity contribution in [1.82, 2.24) is 20.9 Å². The Hall–Kier alpha value is -1.30. The van der Waals surface area contributed by atoms with Gasteiger partial charge in [-0.05, 0) is 38.5 Å². The largest absolute Gasteiger partial charge is 0.356 e. The molecule has 2 aliphatic carbocycles. The highest BCUT2D eigenvalue weighted by molar-refractivity contribution is 5.79. The van der Waals surface area contributed by atoms with Gasteiger partial charge in [-0.1, -0.05) is 19.3 Å². The summed E-state index contributed by atoms with van der Waals surface area (Å²) in [5.74, 6) is 0.426. The quantitative estimate of drug-likeness (QED) is 0.619. The first-order valence-corrected chi connectivity index (χ1v) is 9.78. The Morgan fingerprint density at radius 3 is 2.38 bits per heavy atom. The van der Waals surface area contributed by atoms with Gasteiger partial charge < -0.3 is 16.0 Å². The Bertz CT molecular complexity index is 433. The fourth-order valence-corrected chi connectivity index (χ4v) is 4.06. The highest BCUT2D eigenvalue weighted by Crippen LogP contribution is 2.27. The van der Waals surface area contributed by atoms with Gasteiger partial charge in [0.2, 0.25) is 5.91 Å². The summed E-state index contributed by atoms with van der Waals surface area (Å²) < 4.78 is 0. The second-order valence-electron chi connectivity index (χ2n) is 7.59. The van der Waals surface area contributed by atoms with Crippen LogP contribution in [0.25, 0.3) is 0 Å². The Labute approximate surface area is 145 Å². The zero-order chi connectivity index (χ0) is 16.8. The lowest BCUT2D eigenvalue weighted by atomic mass is 9.85. The summed E-state index contributed by atoms with van der Waals surface area (Å²) in [6.45, 7) is 3.36. The van der Waals surface area contributed by atoms with Crippen molar-refractivity contribution in [1.29, 1.82) is 0 Å². The molecule has 0 aromatic heterocycles. The zero-order valence-electron chi connectivity index (χ0n) is 14.7. The number of likely N-dealkylation sites (tertiary alicyclic amines) is 1. The van der Waals surface area contributed by atoms with E-state index in [2.05, 4.69) is 20.9 Å². The molecular weight excluding hydrogens is 304 g/mol. The summed E-state index contributed by atoms with van der Waals surface area (Å²) in [4.78, 5) is 26.2. The number of hydrogen-bond donors (Lipinski definition) is 3. The molecule has 3 fully saturated rings. The zero-order valence-corrected chi connectivity index (χ0v) is 14.7. The van der Waals surface area contributed by atoms with Crippen molar-refractivity contribution in [3.63, 3.8) is 0 Å². The van der Waals surface area contributed by atoms with E-state index in [-0.39, 0.29) is 23.9 Å². The number of urea groups is 1. The standard InChI is InChI=1S/C18H32N4O2/c23-17(14-5-3-6-14)19-10-4-11-20-18(24)21-15-9-12-22(13-15)16-7-1-2-8-16/h14-16H,1-13H2,(H,19,23)(H2,20,21,24)/t15-/m1/s1. The second-order valence-corrected chi connectivity index (χ2v) is 7.59. The van der Waals surface area contributed by atoms with Crippen molar-refractivity contribution in [2.24, 2.45) is 5.92 Å². The molecule has 3 amide bonds. The van der Waals surface area contributed by atoms with E-state index in [1.165, 1.54) is 32.1 Å². The van der Waals surface area contributed by atoms with Crippen LogP contribution in [0.2, 0.25) is 0 Å². The Balaban J connectivity index is 1.22. The first-order chi connectivity index (χ1) is 11.7. The van der Waals surface area contributed by atoms with Crippen LogP contribution in [0.5, 0.6) is 0 Å². The molecule has 24 heavy (non-hydrogen) atoms. The van der Waals surface area contributed by atoms with Crippen LogP contribution in [-0.4, -0.2) is 55.1 Å².